The van der Waals surface area contributed by atoms with Gasteiger partial charge in [0.05, 0.1) is 159 Å². The van der Waals surface area contributed by atoms with Crippen LogP contribution in [-0.4, -0.2) is 172 Å². The largest absolute Gasteiger partial charge is 0.379 e. The van der Waals surface area contributed by atoms with Crippen LogP contribution >= 0.6 is 0 Å². The average Bonchev–Trinajstić information content (AvgIpc) is 3.22. The van der Waals surface area contributed by atoms with Crippen LogP contribution in [-0.2, 0) is 61.6 Å². The van der Waals surface area contributed by atoms with Crippen LogP contribution in [0.3, 0.4) is 0 Å². The first-order chi connectivity index (χ1) is 28.4. The number of hydrogen-bond acceptors (Lipinski definition) is 13. The molecule has 0 heterocycles. The molecule has 0 aliphatic heterocycles. The summed E-state index contributed by atoms with van der Waals surface area (Å²) in [6.07, 6.45) is 22.2. The molecule has 13 nitrogen and oxygen atoms in total. The molecule has 0 aliphatic rings. The highest BCUT2D eigenvalue weighted by molar-refractivity contribution is 4.50. The van der Waals surface area contributed by atoms with E-state index in [9.17, 15) is 0 Å². The van der Waals surface area contributed by atoms with Gasteiger partial charge in [-0.25, -0.2) is 0 Å². The summed E-state index contributed by atoms with van der Waals surface area (Å²) in [5, 5.41) is 0. The minimum absolute atomic E-state index is 0.517. The summed E-state index contributed by atoms with van der Waals surface area (Å²) in [6, 6.07) is 0. The Labute approximate surface area is 349 Å². The normalized spacial score (nSPS) is 11.7. The standard InChI is InChI=1S/C44H90O13/c1-3-5-6-7-8-9-10-11-12-13-14-15-16-17-18-19-20-46-23-24-48-27-28-50-31-32-52-35-36-54-39-40-56-43-44-57-42-41-55-38-37-53-34-33-51-30-29-49-26-25-47-22-21-45-4-2/h3-44H2,1-2H3. The highest BCUT2D eigenvalue weighted by atomic mass is 16.6. The van der Waals surface area contributed by atoms with Crippen molar-refractivity contribution < 1.29 is 61.6 Å². The zero-order chi connectivity index (χ0) is 40.9. The molecule has 0 aromatic carbocycles. The summed E-state index contributed by atoms with van der Waals surface area (Å²) in [5.74, 6) is 0. The lowest BCUT2D eigenvalue weighted by molar-refractivity contribution is -0.0289. The number of rotatable bonds is 54. The molecular weight excluding hydrogens is 736 g/mol. The number of ether oxygens (including phenoxy) is 13. The molecule has 0 radical (unpaired) electrons. The van der Waals surface area contributed by atoms with E-state index < -0.39 is 0 Å². The molecule has 0 saturated heterocycles. The maximum atomic E-state index is 5.70. The van der Waals surface area contributed by atoms with Crippen LogP contribution in [0.25, 0.3) is 0 Å². The van der Waals surface area contributed by atoms with Crippen LogP contribution in [0.1, 0.15) is 117 Å². The van der Waals surface area contributed by atoms with Gasteiger partial charge in [-0.1, -0.05) is 103 Å². The summed E-state index contributed by atoms with van der Waals surface area (Å²) >= 11 is 0. The number of unbranched alkanes of at least 4 members (excludes halogenated alkanes) is 15. The summed E-state index contributed by atoms with van der Waals surface area (Å²) in [4.78, 5) is 0. The predicted octanol–water partition coefficient (Wildman–Crippen LogP) is 7.48. The minimum Gasteiger partial charge on any atom is -0.379 e. The van der Waals surface area contributed by atoms with Crippen molar-refractivity contribution in [3.05, 3.63) is 0 Å². The average molecular weight is 827 g/mol. The van der Waals surface area contributed by atoms with Gasteiger partial charge in [-0.15, -0.1) is 0 Å². The van der Waals surface area contributed by atoms with Crippen molar-refractivity contribution in [2.75, 3.05) is 172 Å². The van der Waals surface area contributed by atoms with E-state index >= 15 is 0 Å². The molecule has 0 saturated carbocycles. The molecule has 0 rings (SSSR count). The Bertz CT molecular complexity index is 626. The Kier molecular flexibility index (Phi) is 55.0. The first kappa shape index (κ1) is 56.5. The molecule has 0 aromatic heterocycles. The van der Waals surface area contributed by atoms with E-state index in [0.29, 0.717) is 165 Å². The quantitative estimate of drug-likeness (QED) is 0.0565. The summed E-state index contributed by atoms with van der Waals surface area (Å²) < 4.78 is 71.4. The van der Waals surface area contributed by atoms with Crippen LogP contribution in [0, 0.1) is 0 Å². The molecule has 0 spiro atoms. The Morgan fingerprint density at radius 1 is 0.158 bits per heavy atom. The van der Waals surface area contributed by atoms with Crippen molar-refractivity contribution in [2.45, 2.75) is 117 Å². The molecule has 0 atom stereocenters. The zero-order valence-corrected chi connectivity index (χ0v) is 37.0. The van der Waals surface area contributed by atoms with Crippen LogP contribution in [0.15, 0.2) is 0 Å². The van der Waals surface area contributed by atoms with Gasteiger partial charge in [-0.2, -0.15) is 0 Å². The third kappa shape index (κ3) is 55.5. The van der Waals surface area contributed by atoms with Crippen molar-refractivity contribution >= 4 is 0 Å². The van der Waals surface area contributed by atoms with Gasteiger partial charge >= 0.3 is 0 Å². The van der Waals surface area contributed by atoms with Gasteiger partial charge in [-0.05, 0) is 13.3 Å². The lowest BCUT2D eigenvalue weighted by Gasteiger charge is -2.09. The van der Waals surface area contributed by atoms with Crippen LogP contribution in [0.5, 0.6) is 0 Å². The lowest BCUT2D eigenvalue weighted by atomic mass is 10.0. The minimum atomic E-state index is 0.517. The van der Waals surface area contributed by atoms with E-state index in [4.69, 9.17) is 61.6 Å². The van der Waals surface area contributed by atoms with E-state index in [-0.39, 0.29) is 0 Å². The van der Waals surface area contributed by atoms with Gasteiger partial charge in [0.15, 0.2) is 0 Å². The predicted molar refractivity (Wildman–Crippen MR) is 226 cm³/mol. The van der Waals surface area contributed by atoms with Gasteiger partial charge in [-0.3, -0.25) is 0 Å². The van der Waals surface area contributed by atoms with Crippen molar-refractivity contribution in [1.82, 2.24) is 0 Å². The maximum Gasteiger partial charge on any atom is 0.0701 e. The van der Waals surface area contributed by atoms with Gasteiger partial charge in [0.25, 0.3) is 0 Å². The molecule has 0 aromatic rings. The zero-order valence-electron chi connectivity index (χ0n) is 37.0. The van der Waals surface area contributed by atoms with Gasteiger partial charge < -0.3 is 61.6 Å². The van der Waals surface area contributed by atoms with Crippen LogP contribution in [0.4, 0.5) is 0 Å². The van der Waals surface area contributed by atoms with Gasteiger partial charge in [0.2, 0.25) is 0 Å². The first-order valence-corrected chi connectivity index (χ1v) is 22.9. The fourth-order valence-electron chi connectivity index (χ4n) is 5.54. The van der Waals surface area contributed by atoms with Crippen LogP contribution in [0.2, 0.25) is 0 Å². The highest BCUT2D eigenvalue weighted by Gasteiger charge is 1.98. The van der Waals surface area contributed by atoms with Gasteiger partial charge in [0, 0.05) is 13.2 Å². The van der Waals surface area contributed by atoms with Crippen molar-refractivity contribution in [1.29, 1.82) is 0 Å². The molecule has 0 bridgehead atoms. The SMILES string of the molecule is CCCCCCCCCCCCCCCCCCOCCOCCOCCOCCOCCOCCOCCOCCOCCOCCOCCOCCOCC. The van der Waals surface area contributed by atoms with Crippen molar-refractivity contribution in [2.24, 2.45) is 0 Å². The molecule has 0 fully saturated rings. The maximum absolute atomic E-state index is 5.70. The molecule has 0 N–H and O–H groups in total. The molecule has 0 amide bonds. The molecular formula is C44H90O13. The number of hydrogen-bond donors (Lipinski definition) is 0. The summed E-state index contributed by atoms with van der Waals surface area (Å²) in [5.41, 5.74) is 0. The second-order valence-corrected chi connectivity index (χ2v) is 13.8. The van der Waals surface area contributed by atoms with Gasteiger partial charge in [0.1, 0.15) is 0 Å². The van der Waals surface area contributed by atoms with E-state index in [0.717, 1.165) is 13.0 Å². The van der Waals surface area contributed by atoms with Crippen LogP contribution < -0.4 is 0 Å². The monoisotopic (exact) mass is 827 g/mol. The van der Waals surface area contributed by atoms with E-state index in [1.807, 2.05) is 6.92 Å². The van der Waals surface area contributed by atoms with E-state index in [1.165, 1.54) is 96.3 Å². The fraction of sp³-hybridized carbons (Fsp3) is 1.00. The van der Waals surface area contributed by atoms with E-state index in [1.54, 1.807) is 0 Å². The highest BCUT2D eigenvalue weighted by Crippen LogP contribution is 2.13. The lowest BCUT2D eigenvalue weighted by Crippen LogP contribution is -2.15. The first-order valence-electron chi connectivity index (χ1n) is 22.9. The molecule has 13 heteroatoms. The third-order valence-corrected chi connectivity index (χ3v) is 8.81. The molecule has 57 heavy (non-hydrogen) atoms. The third-order valence-electron chi connectivity index (χ3n) is 8.81. The Balaban J connectivity index is 3.05. The summed E-state index contributed by atoms with van der Waals surface area (Å²) in [6.45, 7) is 18.9. The van der Waals surface area contributed by atoms with E-state index in [2.05, 4.69) is 6.92 Å². The fourth-order valence-corrected chi connectivity index (χ4v) is 5.54. The molecule has 0 unspecified atom stereocenters. The second kappa shape index (κ2) is 55.5. The Morgan fingerprint density at radius 3 is 0.509 bits per heavy atom. The Morgan fingerprint density at radius 2 is 0.316 bits per heavy atom. The smallest absolute Gasteiger partial charge is 0.0701 e. The Hall–Kier alpha value is -0.520. The second-order valence-electron chi connectivity index (χ2n) is 13.8. The summed E-state index contributed by atoms with van der Waals surface area (Å²) in [7, 11) is 0. The molecule has 344 valence electrons. The topological polar surface area (TPSA) is 120 Å². The molecule has 0 aliphatic carbocycles. The van der Waals surface area contributed by atoms with Crippen molar-refractivity contribution in [3.63, 3.8) is 0 Å². The van der Waals surface area contributed by atoms with Crippen molar-refractivity contribution in [3.8, 4) is 0 Å².